The van der Waals surface area contributed by atoms with Crippen LogP contribution in [0.5, 0.6) is 0 Å². The van der Waals surface area contributed by atoms with Crippen LogP contribution in [0.25, 0.3) is 10.9 Å². The molecule has 1 aromatic carbocycles. The van der Waals surface area contributed by atoms with E-state index in [0.29, 0.717) is 11.8 Å². The van der Waals surface area contributed by atoms with Gasteiger partial charge in [0.2, 0.25) is 0 Å². The third kappa shape index (κ3) is 4.05. The van der Waals surface area contributed by atoms with Crippen LogP contribution in [0.3, 0.4) is 0 Å². The lowest BCUT2D eigenvalue weighted by molar-refractivity contribution is 0.0137. The Bertz CT molecular complexity index is 821. The van der Waals surface area contributed by atoms with Gasteiger partial charge in [0, 0.05) is 36.3 Å². The molecular formula is C24H33N3O. The average molecular weight is 380 g/mol. The smallest absolute Gasteiger partial charge is 0.179 e. The molecule has 4 heteroatoms. The van der Waals surface area contributed by atoms with Crippen molar-refractivity contribution in [3.8, 4) is 6.19 Å². The number of nitrogens with one attached hydrogen (secondary N) is 1. The molecule has 2 aliphatic rings. The molecule has 4 rings (SSSR count). The summed E-state index contributed by atoms with van der Waals surface area (Å²) in [5.41, 5.74) is 3.81. The molecule has 2 heterocycles. The summed E-state index contributed by atoms with van der Waals surface area (Å²) in [7, 11) is 0. The highest BCUT2D eigenvalue weighted by atomic mass is 16.5. The molecule has 0 radical (unpaired) electrons. The van der Waals surface area contributed by atoms with E-state index in [2.05, 4.69) is 42.4 Å². The van der Waals surface area contributed by atoms with Gasteiger partial charge in [-0.15, -0.1) is 0 Å². The molecule has 0 amide bonds. The molecular weight excluding hydrogens is 346 g/mol. The summed E-state index contributed by atoms with van der Waals surface area (Å²) in [6.07, 6.45) is 12.0. The first-order chi connectivity index (χ1) is 13.8. The Balaban J connectivity index is 1.72. The first-order valence-corrected chi connectivity index (χ1v) is 11.2. The molecule has 1 N–H and O–H groups in total. The van der Waals surface area contributed by atoms with E-state index in [1.54, 1.807) is 0 Å². The Morgan fingerprint density at radius 1 is 1.21 bits per heavy atom. The average Bonchev–Trinajstić information content (AvgIpc) is 3.10. The lowest BCUT2D eigenvalue weighted by Gasteiger charge is -2.37. The van der Waals surface area contributed by atoms with Crippen molar-refractivity contribution in [1.29, 1.82) is 5.26 Å². The molecule has 0 saturated heterocycles. The highest BCUT2D eigenvalue weighted by Gasteiger charge is 2.32. The maximum atomic E-state index is 9.71. The molecule has 0 bridgehead atoms. The van der Waals surface area contributed by atoms with Crippen LogP contribution in [0, 0.1) is 23.3 Å². The van der Waals surface area contributed by atoms with Crippen LogP contribution in [0.4, 0.5) is 0 Å². The first kappa shape index (κ1) is 19.3. The van der Waals surface area contributed by atoms with Crippen LogP contribution in [-0.2, 0) is 11.2 Å². The van der Waals surface area contributed by atoms with Gasteiger partial charge in [0.25, 0.3) is 0 Å². The summed E-state index contributed by atoms with van der Waals surface area (Å²) >= 11 is 0. The zero-order valence-electron chi connectivity index (χ0n) is 17.1. The molecule has 1 saturated carbocycles. The van der Waals surface area contributed by atoms with Gasteiger partial charge in [-0.2, -0.15) is 5.26 Å². The van der Waals surface area contributed by atoms with Crippen molar-refractivity contribution < 1.29 is 4.74 Å². The highest BCUT2D eigenvalue weighted by Crippen LogP contribution is 2.40. The van der Waals surface area contributed by atoms with Gasteiger partial charge in [-0.3, -0.25) is 0 Å². The van der Waals surface area contributed by atoms with Crippen LogP contribution in [0.15, 0.2) is 24.3 Å². The molecule has 3 atom stereocenters. The number of ether oxygens (including phenoxy) is 1. The summed E-state index contributed by atoms with van der Waals surface area (Å²) in [5, 5.41) is 11.0. The fourth-order valence-electron chi connectivity index (χ4n) is 5.23. The maximum absolute atomic E-state index is 9.71. The van der Waals surface area contributed by atoms with Crippen molar-refractivity contribution in [2.75, 3.05) is 19.7 Å². The number of aromatic nitrogens is 1. The predicted molar refractivity (Wildman–Crippen MR) is 113 cm³/mol. The van der Waals surface area contributed by atoms with Crippen molar-refractivity contribution >= 4 is 10.9 Å². The van der Waals surface area contributed by atoms with E-state index >= 15 is 0 Å². The standard InChI is InChI=1S/C24H33N3O/c1-2-3-14-28-23-15-18-8-4-5-9-19(18)16-27(17-25)13-12-21-20-10-6-7-11-22(20)26-24(21)23/h6-7,10-11,18-19,23,26H,2-5,8-9,12-16H2,1H3. The number of nitrogens with zero attached hydrogens (tertiary/aromatic N) is 2. The fourth-order valence-corrected chi connectivity index (χ4v) is 5.23. The Hall–Kier alpha value is -1.99. The van der Waals surface area contributed by atoms with Crippen LogP contribution >= 0.6 is 0 Å². The van der Waals surface area contributed by atoms with E-state index in [0.717, 1.165) is 45.4 Å². The Morgan fingerprint density at radius 2 is 2.04 bits per heavy atom. The normalized spacial score (nSPS) is 25.7. The van der Waals surface area contributed by atoms with Gasteiger partial charge in [0.15, 0.2) is 6.19 Å². The molecule has 28 heavy (non-hydrogen) atoms. The Morgan fingerprint density at radius 3 is 2.86 bits per heavy atom. The predicted octanol–water partition coefficient (Wildman–Crippen LogP) is 5.56. The van der Waals surface area contributed by atoms with Crippen LogP contribution < -0.4 is 0 Å². The Labute approximate surface area is 168 Å². The lowest BCUT2D eigenvalue weighted by atomic mass is 9.75. The van der Waals surface area contributed by atoms with Gasteiger partial charge in [-0.1, -0.05) is 50.8 Å². The van der Waals surface area contributed by atoms with Crippen LogP contribution in [-0.4, -0.2) is 29.6 Å². The minimum absolute atomic E-state index is 0.146. The Kier molecular flexibility index (Phi) is 6.22. The monoisotopic (exact) mass is 379 g/mol. The number of hydrogen-bond donors (Lipinski definition) is 1. The van der Waals surface area contributed by atoms with E-state index < -0.39 is 0 Å². The molecule has 4 nitrogen and oxygen atoms in total. The van der Waals surface area contributed by atoms with Crippen molar-refractivity contribution in [3.63, 3.8) is 0 Å². The molecule has 1 aliphatic heterocycles. The second-order valence-corrected chi connectivity index (χ2v) is 8.61. The van der Waals surface area contributed by atoms with Gasteiger partial charge in [0.05, 0.1) is 6.10 Å². The SMILES string of the molecule is CCCCOC1CC2CCCCC2CN(C#N)CCc2c1[nH]c1ccccc21. The molecule has 0 spiro atoms. The number of benzene rings is 1. The van der Waals surface area contributed by atoms with Gasteiger partial charge in [-0.05, 0) is 49.1 Å². The summed E-state index contributed by atoms with van der Waals surface area (Å²) < 4.78 is 6.50. The molecule has 3 unspecified atom stereocenters. The number of nitriles is 1. The van der Waals surface area contributed by atoms with E-state index in [1.807, 2.05) is 4.90 Å². The number of rotatable bonds is 4. The number of hydrogen-bond acceptors (Lipinski definition) is 3. The number of aromatic amines is 1. The van der Waals surface area contributed by atoms with Crippen molar-refractivity contribution in [1.82, 2.24) is 9.88 Å². The van der Waals surface area contributed by atoms with Crippen LogP contribution in [0.2, 0.25) is 0 Å². The van der Waals surface area contributed by atoms with Gasteiger partial charge >= 0.3 is 0 Å². The second-order valence-electron chi connectivity index (χ2n) is 8.61. The minimum Gasteiger partial charge on any atom is -0.372 e. The fraction of sp³-hybridized carbons (Fsp3) is 0.625. The quantitative estimate of drug-likeness (QED) is 0.559. The minimum atomic E-state index is 0.146. The van der Waals surface area contributed by atoms with E-state index in [1.165, 1.54) is 47.8 Å². The molecule has 2 aromatic rings. The third-order valence-electron chi connectivity index (χ3n) is 6.80. The zero-order chi connectivity index (χ0) is 19.3. The molecule has 1 aromatic heterocycles. The summed E-state index contributed by atoms with van der Waals surface area (Å²) in [5.74, 6) is 1.27. The van der Waals surface area contributed by atoms with E-state index in [-0.39, 0.29) is 6.10 Å². The molecule has 150 valence electrons. The maximum Gasteiger partial charge on any atom is 0.179 e. The number of unbranched alkanes of at least 4 members (excludes halogenated alkanes) is 1. The first-order valence-electron chi connectivity index (χ1n) is 11.2. The molecule has 1 fully saturated rings. The van der Waals surface area contributed by atoms with Gasteiger partial charge < -0.3 is 14.6 Å². The largest absolute Gasteiger partial charge is 0.372 e. The van der Waals surface area contributed by atoms with Gasteiger partial charge in [0.1, 0.15) is 0 Å². The highest BCUT2D eigenvalue weighted by molar-refractivity contribution is 5.84. The zero-order valence-corrected chi connectivity index (χ0v) is 17.1. The van der Waals surface area contributed by atoms with Crippen LogP contribution in [0.1, 0.15) is 69.2 Å². The van der Waals surface area contributed by atoms with E-state index in [4.69, 9.17) is 4.74 Å². The van der Waals surface area contributed by atoms with Crippen molar-refractivity contribution in [2.24, 2.45) is 11.8 Å². The second kappa shape index (κ2) is 9.01. The summed E-state index contributed by atoms with van der Waals surface area (Å²) in [6, 6.07) is 8.58. The number of fused-ring (bicyclic) bond motifs is 4. The van der Waals surface area contributed by atoms with Gasteiger partial charge in [-0.25, -0.2) is 0 Å². The number of para-hydroxylation sites is 1. The number of H-pyrrole nitrogens is 1. The summed E-state index contributed by atoms with van der Waals surface area (Å²) in [6.45, 7) is 4.77. The summed E-state index contributed by atoms with van der Waals surface area (Å²) in [4.78, 5) is 5.72. The van der Waals surface area contributed by atoms with Crippen molar-refractivity contribution in [3.05, 3.63) is 35.5 Å². The topological polar surface area (TPSA) is 52.0 Å². The third-order valence-corrected chi connectivity index (χ3v) is 6.80. The molecule has 1 aliphatic carbocycles. The lowest BCUT2D eigenvalue weighted by Crippen LogP contribution is -2.35. The van der Waals surface area contributed by atoms with E-state index in [9.17, 15) is 5.26 Å². The van der Waals surface area contributed by atoms with Crippen molar-refractivity contribution in [2.45, 2.75) is 64.4 Å².